The van der Waals surface area contributed by atoms with Crippen molar-refractivity contribution in [3.05, 3.63) is 0 Å². The van der Waals surface area contributed by atoms with Crippen LogP contribution in [0.3, 0.4) is 0 Å². The molecule has 2 aliphatic carbocycles. The number of carbonyl (C=O) groups excluding carboxylic acids is 1. The van der Waals surface area contributed by atoms with Gasteiger partial charge in [0.25, 0.3) is 0 Å². The third kappa shape index (κ3) is 6.07. The summed E-state index contributed by atoms with van der Waals surface area (Å²) >= 11 is 0. The number of nitrogens with one attached hydrogen (secondary N) is 2. The molecule has 0 aliphatic heterocycles. The Morgan fingerprint density at radius 1 is 1.04 bits per heavy atom. The maximum Gasteiger partial charge on any atom is 0.236 e. The first-order valence-electron chi connectivity index (χ1n) is 9.19. The molecule has 2 rings (SSSR count). The van der Waals surface area contributed by atoms with E-state index in [1.165, 1.54) is 6.42 Å². The van der Waals surface area contributed by atoms with E-state index < -0.39 is 15.8 Å². The Hall–Kier alpha value is -0.620. The predicted octanol–water partition coefficient (Wildman–Crippen LogP) is 2.57. The monoisotopic (exact) mass is 344 g/mol. The summed E-state index contributed by atoms with van der Waals surface area (Å²) in [5, 5.41) is 2.96. The molecule has 2 atom stereocenters. The van der Waals surface area contributed by atoms with E-state index in [1.807, 2.05) is 0 Å². The second-order valence-corrected chi connectivity index (χ2v) is 9.21. The molecule has 2 aliphatic rings. The van der Waals surface area contributed by atoms with Gasteiger partial charge in [-0.3, -0.25) is 4.79 Å². The molecule has 134 valence electrons. The Bertz CT molecular complexity index is 484. The molecule has 23 heavy (non-hydrogen) atoms. The van der Waals surface area contributed by atoms with Gasteiger partial charge in [0.15, 0.2) is 0 Å². The first kappa shape index (κ1) is 18.7. The van der Waals surface area contributed by atoms with E-state index in [0.29, 0.717) is 11.8 Å². The maximum atomic E-state index is 12.2. The summed E-state index contributed by atoms with van der Waals surface area (Å²) in [7, 11) is -3.53. The van der Waals surface area contributed by atoms with Crippen molar-refractivity contribution in [2.45, 2.75) is 83.7 Å². The largest absolute Gasteiger partial charge is 0.352 e. The van der Waals surface area contributed by atoms with Crippen molar-refractivity contribution in [1.29, 1.82) is 0 Å². The first-order valence-corrected chi connectivity index (χ1v) is 10.8. The normalized spacial score (nSPS) is 32.4. The molecular weight excluding hydrogens is 312 g/mol. The minimum Gasteiger partial charge on any atom is -0.352 e. The van der Waals surface area contributed by atoms with Gasteiger partial charge in [0.2, 0.25) is 15.9 Å². The lowest BCUT2D eigenvalue weighted by Crippen LogP contribution is -2.47. The van der Waals surface area contributed by atoms with Gasteiger partial charge in [0.05, 0.1) is 0 Å². The van der Waals surface area contributed by atoms with Crippen molar-refractivity contribution < 1.29 is 13.2 Å². The van der Waals surface area contributed by atoms with Gasteiger partial charge in [-0.05, 0) is 50.4 Å². The number of amides is 1. The average Bonchev–Trinajstić information content (AvgIpc) is 2.49. The van der Waals surface area contributed by atoms with Crippen molar-refractivity contribution in [3.8, 4) is 0 Å². The highest BCUT2D eigenvalue weighted by Crippen LogP contribution is 2.27. The summed E-state index contributed by atoms with van der Waals surface area (Å²) in [5.41, 5.74) is 0. The third-order valence-corrected chi connectivity index (χ3v) is 6.80. The molecule has 2 saturated carbocycles. The van der Waals surface area contributed by atoms with E-state index in [4.69, 9.17) is 0 Å². The van der Waals surface area contributed by atoms with E-state index in [1.54, 1.807) is 0 Å². The molecule has 0 heterocycles. The van der Waals surface area contributed by atoms with Crippen LogP contribution in [-0.4, -0.2) is 32.2 Å². The number of hydrogen-bond donors (Lipinski definition) is 2. The number of carbonyl (C=O) groups is 1. The first-order chi connectivity index (χ1) is 10.9. The topological polar surface area (TPSA) is 75.3 Å². The summed E-state index contributed by atoms with van der Waals surface area (Å²) in [6.45, 7) is 4.34. The second kappa shape index (κ2) is 8.47. The highest BCUT2D eigenvalue weighted by atomic mass is 32.2. The van der Waals surface area contributed by atoms with E-state index in [2.05, 4.69) is 23.9 Å². The number of sulfonamides is 1. The molecule has 6 heteroatoms. The quantitative estimate of drug-likeness (QED) is 0.777. The lowest BCUT2D eigenvalue weighted by molar-refractivity contribution is -0.119. The maximum absolute atomic E-state index is 12.2. The van der Waals surface area contributed by atoms with Gasteiger partial charge in [-0.2, -0.15) is 0 Å². The Morgan fingerprint density at radius 2 is 1.70 bits per heavy atom. The van der Waals surface area contributed by atoms with Gasteiger partial charge in [0, 0.05) is 12.1 Å². The minimum atomic E-state index is -3.53. The molecule has 2 fully saturated rings. The van der Waals surface area contributed by atoms with Crippen molar-refractivity contribution in [2.75, 3.05) is 5.75 Å². The zero-order valence-corrected chi connectivity index (χ0v) is 15.3. The predicted molar refractivity (Wildman–Crippen MR) is 92.5 cm³/mol. The summed E-state index contributed by atoms with van der Waals surface area (Å²) in [4.78, 5) is 12.2. The van der Waals surface area contributed by atoms with Crippen LogP contribution in [0.1, 0.15) is 71.6 Å². The zero-order valence-electron chi connectivity index (χ0n) is 14.5. The summed E-state index contributed by atoms with van der Waals surface area (Å²) in [6.07, 6.45) is 9.34. The molecule has 0 bridgehead atoms. The van der Waals surface area contributed by atoms with Gasteiger partial charge in [-0.15, -0.1) is 0 Å². The Labute approximate surface area is 141 Å². The van der Waals surface area contributed by atoms with Crippen molar-refractivity contribution in [3.63, 3.8) is 0 Å². The summed E-state index contributed by atoms with van der Waals surface area (Å²) in [5.74, 6) is 0.373. The van der Waals surface area contributed by atoms with E-state index >= 15 is 0 Å². The molecule has 1 amide bonds. The summed E-state index contributed by atoms with van der Waals surface area (Å²) in [6, 6.07) is 0.147. The number of hydrogen-bond acceptors (Lipinski definition) is 3. The summed E-state index contributed by atoms with van der Waals surface area (Å²) < 4.78 is 27.1. The van der Waals surface area contributed by atoms with Gasteiger partial charge in [-0.25, -0.2) is 13.1 Å². The van der Waals surface area contributed by atoms with Gasteiger partial charge < -0.3 is 5.32 Å². The van der Waals surface area contributed by atoms with Gasteiger partial charge >= 0.3 is 0 Å². The highest BCUT2D eigenvalue weighted by Gasteiger charge is 2.28. The second-order valence-electron chi connectivity index (χ2n) is 7.46. The fourth-order valence-corrected chi connectivity index (χ4v) is 5.24. The van der Waals surface area contributed by atoms with E-state index in [-0.39, 0.29) is 18.0 Å². The Balaban J connectivity index is 1.81. The molecule has 0 unspecified atom stereocenters. The van der Waals surface area contributed by atoms with Crippen LogP contribution in [0.2, 0.25) is 0 Å². The van der Waals surface area contributed by atoms with E-state index in [0.717, 1.165) is 51.4 Å². The molecule has 0 spiro atoms. The lowest BCUT2D eigenvalue weighted by Gasteiger charge is -2.31. The standard InChI is InChI=1S/C17H32N2O3S/c1-3-14-6-4-5-7-16(14)18-17(20)12-23(21,22)19-15-10-8-13(2)9-11-15/h13-16,19H,3-12H2,1-2H3,(H,18,20)/t13?,14-,15?,16-/m1/s1. The lowest BCUT2D eigenvalue weighted by atomic mass is 9.83. The molecule has 5 nitrogen and oxygen atoms in total. The highest BCUT2D eigenvalue weighted by molar-refractivity contribution is 7.90. The van der Waals surface area contributed by atoms with Crippen LogP contribution in [-0.2, 0) is 14.8 Å². The van der Waals surface area contributed by atoms with Crippen LogP contribution in [0.5, 0.6) is 0 Å². The van der Waals surface area contributed by atoms with Crippen LogP contribution in [0, 0.1) is 11.8 Å². The Morgan fingerprint density at radius 3 is 2.35 bits per heavy atom. The molecule has 2 N–H and O–H groups in total. The molecule has 0 saturated heterocycles. The molecular formula is C17H32N2O3S. The average molecular weight is 345 g/mol. The molecule has 0 aromatic rings. The fraction of sp³-hybridized carbons (Fsp3) is 0.941. The molecule has 0 aromatic heterocycles. The SMILES string of the molecule is CC[C@@H]1CCCC[C@H]1NC(=O)CS(=O)(=O)NC1CCC(C)CC1. The van der Waals surface area contributed by atoms with Crippen molar-refractivity contribution in [1.82, 2.24) is 10.0 Å². The van der Waals surface area contributed by atoms with Crippen LogP contribution in [0.4, 0.5) is 0 Å². The van der Waals surface area contributed by atoms with Crippen LogP contribution >= 0.6 is 0 Å². The fourth-order valence-electron chi connectivity index (χ4n) is 3.98. The van der Waals surface area contributed by atoms with Crippen LogP contribution in [0.25, 0.3) is 0 Å². The molecule has 0 radical (unpaired) electrons. The van der Waals surface area contributed by atoms with Crippen LogP contribution < -0.4 is 10.0 Å². The van der Waals surface area contributed by atoms with E-state index in [9.17, 15) is 13.2 Å². The van der Waals surface area contributed by atoms with Crippen molar-refractivity contribution >= 4 is 15.9 Å². The van der Waals surface area contributed by atoms with Crippen molar-refractivity contribution in [2.24, 2.45) is 11.8 Å². The Kier molecular flexibility index (Phi) is 6.89. The van der Waals surface area contributed by atoms with Gasteiger partial charge in [0.1, 0.15) is 5.75 Å². The third-order valence-electron chi connectivity index (χ3n) is 5.46. The van der Waals surface area contributed by atoms with Crippen LogP contribution in [0.15, 0.2) is 0 Å². The minimum absolute atomic E-state index is 0.00192. The zero-order chi connectivity index (χ0) is 16.9. The van der Waals surface area contributed by atoms with Gasteiger partial charge in [-0.1, -0.05) is 33.1 Å². The smallest absolute Gasteiger partial charge is 0.236 e. The number of rotatable bonds is 6. The molecule has 0 aromatic carbocycles.